The van der Waals surface area contributed by atoms with E-state index in [0.29, 0.717) is 0 Å². The van der Waals surface area contributed by atoms with Gasteiger partial charge >= 0.3 is 0 Å². The van der Waals surface area contributed by atoms with Crippen molar-refractivity contribution in [2.24, 2.45) is 0 Å². The molecule has 1 aliphatic rings. The molecule has 0 atom stereocenters. The van der Waals surface area contributed by atoms with Crippen LogP contribution in [0.1, 0.15) is 41.9 Å². The SMILES string of the molecule is Cc1nc(C)c(C)c(NCc2ccccc2N2CCCCC2)n1. The van der Waals surface area contributed by atoms with E-state index in [1.54, 1.807) is 0 Å². The Morgan fingerprint density at radius 1 is 1.00 bits per heavy atom. The molecule has 0 spiro atoms. The van der Waals surface area contributed by atoms with Gasteiger partial charge in [-0.2, -0.15) is 0 Å². The molecule has 1 fully saturated rings. The van der Waals surface area contributed by atoms with Crippen LogP contribution >= 0.6 is 0 Å². The third-order valence-electron chi connectivity index (χ3n) is 4.64. The maximum Gasteiger partial charge on any atom is 0.133 e. The predicted molar refractivity (Wildman–Crippen MR) is 96.1 cm³/mol. The van der Waals surface area contributed by atoms with E-state index in [2.05, 4.69) is 51.4 Å². The summed E-state index contributed by atoms with van der Waals surface area (Å²) in [4.78, 5) is 11.5. The Morgan fingerprint density at radius 2 is 1.74 bits per heavy atom. The van der Waals surface area contributed by atoms with Crippen molar-refractivity contribution in [2.45, 2.75) is 46.6 Å². The van der Waals surface area contributed by atoms with E-state index >= 15 is 0 Å². The highest BCUT2D eigenvalue weighted by molar-refractivity contribution is 5.56. The molecule has 2 heterocycles. The van der Waals surface area contributed by atoms with Crippen molar-refractivity contribution in [1.82, 2.24) is 9.97 Å². The minimum absolute atomic E-state index is 0.795. The number of hydrogen-bond acceptors (Lipinski definition) is 4. The third kappa shape index (κ3) is 3.63. The molecule has 0 amide bonds. The number of nitrogens with one attached hydrogen (secondary N) is 1. The summed E-state index contributed by atoms with van der Waals surface area (Å²) in [5.41, 5.74) is 4.87. The molecule has 4 nitrogen and oxygen atoms in total. The standard InChI is InChI=1S/C19H26N4/c1-14-15(2)21-16(3)22-19(14)20-13-17-9-5-6-10-18(17)23-11-7-4-8-12-23/h5-6,9-10H,4,7-8,11-13H2,1-3H3,(H,20,21,22). The van der Waals surface area contributed by atoms with Crippen molar-refractivity contribution in [3.8, 4) is 0 Å². The first kappa shape index (κ1) is 15.8. The average Bonchev–Trinajstić information content (AvgIpc) is 2.58. The number of para-hydroxylation sites is 1. The van der Waals surface area contributed by atoms with Crippen LogP contribution in [0, 0.1) is 20.8 Å². The normalized spacial score (nSPS) is 14.8. The van der Waals surface area contributed by atoms with Gasteiger partial charge in [0.05, 0.1) is 0 Å². The third-order valence-corrected chi connectivity index (χ3v) is 4.64. The lowest BCUT2D eigenvalue weighted by molar-refractivity contribution is 0.576. The maximum absolute atomic E-state index is 4.55. The van der Waals surface area contributed by atoms with E-state index in [0.717, 1.165) is 29.4 Å². The molecule has 1 saturated heterocycles. The highest BCUT2D eigenvalue weighted by Gasteiger charge is 2.14. The van der Waals surface area contributed by atoms with Crippen molar-refractivity contribution in [3.63, 3.8) is 0 Å². The highest BCUT2D eigenvalue weighted by Crippen LogP contribution is 2.25. The maximum atomic E-state index is 4.55. The zero-order chi connectivity index (χ0) is 16.2. The molecule has 4 heteroatoms. The van der Waals surface area contributed by atoms with Crippen LogP contribution in [0.3, 0.4) is 0 Å². The van der Waals surface area contributed by atoms with Crippen molar-refractivity contribution >= 4 is 11.5 Å². The van der Waals surface area contributed by atoms with Crippen LogP contribution in [-0.2, 0) is 6.54 Å². The molecule has 2 aromatic rings. The zero-order valence-electron chi connectivity index (χ0n) is 14.4. The minimum atomic E-state index is 0.795. The van der Waals surface area contributed by atoms with Gasteiger partial charge < -0.3 is 10.2 Å². The Hall–Kier alpha value is -2.10. The smallest absolute Gasteiger partial charge is 0.133 e. The fourth-order valence-electron chi connectivity index (χ4n) is 3.22. The van der Waals surface area contributed by atoms with Crippen molar-refractivity contribution < 1.29 is 0 Å². The second-order valence-electron chi connectivity index (χ2n) is 6.36. The van der Waals surface area contributed by atoms with Crippen LogP contribution in [0.2, 0.25) is 0 Å². The van der Waals surface area contributed by atoms with Gasteiger partial charge in [-0.05, 0) is 51.7 Å². The molecule has 0 unspecified atom stereocenters. The van der Waals surface area contributed by atoms with E-state index in [9.17, 15) is 0 Å². The number of rotatable bonds is 4. The lowest BCUT2D eigenvalue weighted by Gasteiger charge is -2.30. The Morgan fingerprint density at radius 3 is 2.52 bits per heavy atom. The van der Waals surface area contributed by atoms with E-state index in [1.807, 2.05) is 13.8 Å². The summed E-state index contributed by atoms with van der Waals surface area (Å²) in [6.07, 6.45) is 3.95. The number of nitrogens with zero attached hydrogens (tertiary/aromatic N) is 3. The summed E-state index contributed by atoms with van der Waals surface area (Å²) < 4.78 is 0. The molecule has 23 heavy (non-hydrogen) atoms. The number of piperidine rings is 1. The van der Waals surface area contributed by atoms with Gasteiger partial charge in [-0.15, -0.1) is 0 Å². The molecule has 0 saturated carbocycles. The van der Waals surface area contributed by atoms with Crippen LogP contribution in [0.5, 0.6) is 0 Å². The van der Waals surface area contributed by atoms with Crippen LogP contribution in [0.25, 0.3) is 0 Å². The number of benzene rings is 1. The van der Waals surface area contributed by atoms with Gasteiger partial charge in [0, 0.05) is 36.6 Å². The number of aromatic nitrogens is 2. The van der Waals surface area contributed by atoms with Gasteiger partial charge in [0.2, 0.25) is 0 Å². The second-order valence-corrected chi connectivity index (χ2v) is 6.36. The molecule has 1 aromatic heterocycles. The van der Waals surface area contributed by atoms with Gasteiger partial charge in [0.15, 0.2) is 0 Å². The summed E-state index contributed by atoms with van der Waals surface area (Å²) >= 11 is 0. The largest absolute Gasteiger partial charge is 0.371 e. The summed E-state index contributed by atoms with van der Waals surface area (Å²) in [6.45, 7) is 9.19. The van der Waals surface area contributed by atoms with E-state index in [4.69, 9.17) is 0 Å². The van der Waals surface area contributed by atoms with E-state index in [1.165, 1.54) is 43.6 Å². The lowest BCUT2D eigenvalue weighted by Crippen LogP contribution is -2.30. The molecule has 1 aromatic carbocycles. The summed E-state index contributed by atoms with van der Waals surface area (Å²) in [6, 6.07) is 8.71. The molecular weight excluding hydrogens is 284 g/mol. The van der Waals surface area contributed by atoms with Gasteiger partial charge in [-0.1, -0.05) is 18.2 Å². The topological polar surface area (TPSA) is 41.1 Å². The molecule has 0 bridgehead atoms. The Balaban J connectivity index is 1.78. The number of anilines is 2. The Kier molecular flexibility index (Phi) is 4.79. The van der Waals surface area contributed by atoms with E-state index in [-0.39, 0.29) is 0 Å². The summed E-state index contributed by atoms with van der Waals surface area (Å²) in [5.74, 6) is 1.77. The first-order chi connectivity index (χ1) is 11.1. The van der Waals surface area contributed by atoms with Gasteiger partial charge in [0.25, 0.3) is 0 Å². The molecule has 0 radical (unpaired) electrons. The molecule has 0 aliphatic carbocycles. The molecule has 1 N–H and O–H groups in total. The molecule has 1 aliphatic heterocycles. The first-order valence-electron chi connectivity index (χ1n) is 8.53. The molecule has 122 valence electrons. The molecule has 3 rings (SSSR count). The molecular formula is C19H26N4. The van der Waals surface area contributed by atoms with Crippen LogP contribution < -0.4 is 10.2 Å². The van der Waals surface area contributed by atoms with Crippen molar-refractivity contribution in [3.05, 3.63) is 46.9 Å². The van der Waals surface area contributed by atoms with Gasteiger partial charge in [-0.3, -0.25) is 0 Å². The summed E-state index contributed by atoms with van der Waals surface area (Å²) in [7, 11) is 0. The van der Waals surface area contributed by atoms with E-state index < -0.39 is 0 Å². The zero-order valence-corrected chi connectivity index (χ0v) is 14.4. The van der Waals surface area contributed by atoms with Crippen molar-refractivity contribution in [1.29, 1.82) is 0 Å². The quantitative estimate of drug-likeness (QED) is 0.926. The number of aryl methyl sites for hydroxylation is 2. The van der Waals surface area contributed by atoms with Gasteiger partial charge in [0.1, 0.15) is 11.6 Å². The van der Waals surface area contributed by atoms with Gasteiger partial charge in [-0.25, -0.2) is 9.97 Å². The highest BCUT2D eigenvalue weighted by atomic mass is 15.1. The lowest BCUT2D eigenvalue weighted by atomic mass is 10.1. The Labute approximate surface area is 139 Å². The second kappa shape index (κ2) is 6.99. The van der Waals surface area contributed by atoms with Crippen LogP contribution in [0.15, 0.2) is 24.3 Å². The number of hydrogen-bond donors (Lipinski definition) is 1. The van der Waals surface area contributed by atoms with Crippen molar-refractivity contribution in [2.75, 3.05) is 23.3 Å². The fourth-order valence-corrected chi connectivity index (χ4v) is 3.22. The monoisotopic (exact) mass is 310 g/mol. The van der Waals surface area contributed by atoms with Crippen LogP contribution in [-0.4, -0.2) is 23.1 Å². The van der Waals surface area contributed by atoms with Crippen LogP contribution in [0.4, 0.5) is 11.5 Å². The fraction of sp³-hybridized carbons (Fsp3) is 0.474. The average molecular weight is 310 g/mol. The summed E-state index contributed by atoms with van der Waals surface area (Å²) in [5, 5.41) is 3.51. The Bertz CT molecular complexity index is 675. The first-order valence-corrected chi connectivity index (χ1v) is 8.53. The minimum Gasteiger partial charge on any atom is -0.371 e. The predicted octanol–water partition coefficient (Wildman–Crippen LogP) is 4.00.